The molecule has 0 unspecified atom stereocenters. The zero-order valence-corrected chi connectivity index (χ0v) is 13.4. The minimum atomic E-state index is -5.22. The standard InChI is InChI=1S/C18H17F3O4/c1-2-24-16(22)17(23,18(19,20)21)14-8-10-15(11-9-14)25-12-13-6-4-3-5-7-13/h3-11,23H,2,12H2,1H3/t17-/m0/s1. The van der Waals surface area contributed by atoms with Gasteiger partial charge < -0.3 is 14.6 Å². The van der Waals surface area contributed by atoms with Gasteiger partial charge in [0.25, 0.3) is 5.60 Å². The lowest BCUT2D eigenvalue weighted by Gasteiger charge is -2.28. The van der Waals surface area contributed by atoms with E-state index in [1.807, 2.05) is 30.3 Å². The van der Waals surface area contributed by atoms with Crippen LogP contribution in [-0.2, 0) is 21.7 Å². The molecule has 0 heterocycles. The summed E-state index contributed by atoms with van der Waals surface area (Å²) in [4.78, 5) is 11.7. The van der Waals surface area contributed by atoms with Crippen LogP contribution >= 0.6 is 0 Å². The molecular formula is C18H17F3O4. The number of esters is 1. The predicted octanol–water partition coefficient (Wildman–Crippen LogP) is 3.58. The predicted molar refractivity (Wildman–Crippen MR) is 83.8 cm³/mol. The van der Waals surface area contributed by atoms with Gasteiger partial charge in [0.05, 0.1) is 6.61 Å². The number of hydrogen-bond donors (Lipinski definition) is 1. The van der Waals surface area contributed by atoms with Crippen LogP contribution in [0.5, 0.6) is 5.75 Å². The second-order valence-corrected chi connectivity index (χ2v) is 5.23. The summed E-state index contributed by atoms with van der Waals surface area (Å²) < 4.78 is 49.6. The minimum Gasteiger partial charge on any atom is -0.489 e. The number of ether oxygens (including phenoxy) is 2. The zero-order valence-electron chi connectivity index (χ0n) is 13.4. The molecule has 0 amide bonds. The van der Waals surface area contributed by atoms with E-state index in [1.54, 1.807) is 0 Å². The SMILES string of the molecule is CCOC(=O)[C@@](O)(c1ccc(OCc2ccccc2)cc1)C(F)(F)F. The topological polar surface area (TPSA) is 55.8 Å². The van der Waals surface area contributed by atoms with Crippen LogP contribution < -0.4 is 4.74 Å². The van der Waals surface area contributed by atoms with Crippen molar-refractivity contribution in [2.75, 3.05) is 6.61 Å². The van der Waals surface area contributed by atoms with E-state index in [2.05, 4.69) is 4.74 Å². The van der Waals surface area contributed by atoms with E-state index in [-0.39, 0.29) is 13.2 Å². The van der Waals surface area contributed by atoms with Gasteiger partial charge in [-0.15, -0.1) is 0 Å². The molecule has 0 radical (unpaired) electrons. The van der Waals surface area contributed by atoms with E-state index < -0.39 is 23.3 Å². The normalized spacial score (nSPS) is 13.8. The fourth-order valence-electron chi connectivity index (χ4n) is 2.17. The van der Waals surface area contributed by atoms with Crippen LogP contribution in [0.1, 0.15) is 18.1 Å². The quantitative estimate of drug-likeness (QED) is 0.806. The smallest absolute Gasteiger partial charge is 0.432 e. The second kappa shape index (κ2) is 7.57. The van der Waals surface area contributed by atoms with Gasteiger partial charge in [-0.3, -0.25) is 0 Å². The lowest BCUT2D eigenvalue weighted by Crippen LogP contribution is -2.50. The molecule has 0 saturated carbocycles. The molecule has 2 aromatic carbocycles. The van der Waals surface area contributed by atoms with E-state index >= 15 is 0 Å². The van der Waals surface area contributed by atoms with Crippen LogP contribution in [0.15, 0.2) is 54.6 Å². The number of aliphatic hydroxyl groups is 1. The van der Waals surface area contributed by atoms with E-state index in [9.17, 15) is 23.1 Å². The van der Waals surface area contributed by atoms with Gasteiger partial charge in [0.1, 0.15) is 12.4 Å². The van der Waals surface area contributed by atoms with Gasteiger partial charge in [0.15, 0.2) is 0 Å². The Morgan fingerprint density at radius 1 is 1.04 bits per heavy atom. The van der Waals surface area contributed by atoms with E-state index in [0.29, 0.717) is 5.75 Å². The molecule has 0 bridgehead atoms. The molecule has 2 rings (SSSR count). The van der Waals surface area contributed by atoms with Crippen molar-refractivity contribution in [2.24, 2.45) is 0 Å². The third-order valence-electron chi connectivity index (χ3n) is 3.50. The lowest BCUT2D eigenvalue weighted by molar-refractivity contribution is -0.267. The molecule has 0 aliphatic rings. The van der Waals surface area contributed by atoms with Crippen LogP contribution in [-0.4, -0.2) is 23.9 Å². The Labute approximate surface area is 142 Å². The maximum absolute atomic E-state index is 13.3. The highest BCUT2D eigenvalue weighted by Gasteiger charge is 2.62. The molecule has 1 atom stereocenters. The third kappa shape index (κ3) is 4.11. The number of halogens is 3. The first-order valence-electron chi connectivity index (χ1n) is 7.52. The molecule has 0 spiro atoms. The number of rotatable bonds is 6. The maximum Gasteiger partial charge on any atom is 0.432 e. The molecule has 7 heteroatoms. The molecular weight excluding hydrogens is 337 g/mol. The first kappa shape index (κ1) is 18.8. The van der Waals surface area contributed by atoms with Gasteiger partial charge in [0, 0.05) is 5.56 Å². The van der Waals surface area contributed by atoms with Crippen LogP contribution in [0.25, 0.3) is 0 Å². The number of alkyl halides is 3. The summed E-state index contributed by atoms with van der Waals surface area (Å²) in [6, 6.07) is 13.7. The fraction of sp³-hybridized carbons (Fsp3) is 0.278. The highest BCUT2D eigenvalue weighted by atomic mass is 19.4. The first-order chi connectivity index (χ1) is 11.8. The summed E-state index contributed by atoms with van der Waals surface area (Å²) in [6.45, 7) is 1.31. The van der Waals surface area contributed by atoms with Crippen molar-refractivity contribution in [1.29, 1.82) is 0 Å². The van der Waals surface area contributed by atoms with Gasteiger partial charge >= 0.3 is 12.1 Å². The largest absolute Gasteiger partial charge is 0.489 e. The molecule has 2 aromatic rings. The summed E-state index contributed by atoms with van der Waals surface area (Å²) in [5.74, 6) is -1.46. The average Bonchev–Trinajstić information content (AvgIpc) is 2.60. The van der Waals surface area contributed by atoms with Crippen molar-refractivity contribution in [3.05, 3.63) is 65.7 Å². The third-order valence-corrected chi connectivity index (χ3v) is 3.50. The Morgan fingerprint density at radius 2 is 1.64 bits per heavy atom. The number of carbonyl (C=O) groups excluding carboxylic acids is 1. The number of benzene rings is 2. The van der Waals surface area contributed by atoms with Crippen molar-refractivity contribution >= 4 is 5.97 Å². The Bertz CT molecular complexity index is 699. The molecule has 4 nitrogen and oxygen atoms in total. The van der Waals surface area contributed by atoms with Crippen LogP contribution in [0.2, 0.25) is 0 Å². The molecule has 0 aromatic heterocycles. The molecule has 134 valence electrons. The van der Waals surface area contributed by atoms with Crippen LogP contribution in [0.3, 0.4) is 0 Å². The Kier molecular flexibility index (Phi) is 5.69. The molecule has 0 aliphatic heterocycles. The molecule has 0 saturated heterocycles. The van der Waals surface area contributed by atoms with E-state index in [0.717, 1.165) is 17.7 Å². The van der Waals surface area contributed by atoms with Crippen LogP contribution in [0, 0.1) is 0 Å². The fourth-order valence-corrected chi connectivity index (χ4v) is 2.17. The molecule has 25 heavy (non-hydrogen) atoms. The Balaban J connectivity index is 2.19. The summed E-state index contributed by atoms with van der Waals surface area (Å²) in [7, 11) is 0. The average molecular weight is 354 g/mol. The number of carbonyl (C=O) groups is 1. The second-order valence-electron chi connectivity index (χ2n) is 5.23. The van der Waals surface area contributed by atoms with E-state index in [4.69, 9.17) is 4.74 Å². The highest BCUT2D eigenvalue weighted by molar-refractivity contribution is 5.82. The van der Waals surface area contributed by atoms with Crippen LogP contribution in [0.4, 0.5) is 13.2 Å². The van der Waals surface area contributed by atoms with Crippen molar-refractivity contribution in [1.82, 2.24) is 0 Å². The molecule has 1 N–H and O–H groups in total. The monoisotopic (exact) mass is 354 g/mol. The van der Waals surface area contributed by atoms with E-state index in [1.165, 1.54) is 19.1 Å². The number of hydrogen-bond acceptors (Lipinski definition) is 4. The summed E-state index contributed by atoms with van der Waals surface area (Å²) >= 11 is 0. The van der Waals surface area contributed by atoms with Gasteiger partial charge in [0.2, 0.25) is 0 Å². The summed E-state index contributed by atoms with van der Waals surface area (Å²) in [6.07, 6.45) is -5.22. The summed E-state index contributed by atoms with van der Waals surface area (Å²) in [5.41, 5.74) is -3.46. The maximum atomic E-state index is 13.3. The minimum absolute atomic E-state index is 0.238. The zero-order chi connectivity index (χ0) is 18.5. The Hall–Kier alpha value is -2.54. The summed E-state index contributed by atoms with van der Waals surface area (Å²) in [5, 5.41) is 9.98. The van der Waals surface area contributed by atoms with Gasteiger partial charge in [-0.05, 0) is 24.6 Å². The van der Waals surface area contributed by atoms with Crippen molar-refractivity contribution < 1.29 is 32.5 Å². The lowest BCUT2D eigenvalue weighted by atomic mass is 9.93. The van der Waals surface area contributed by atoms with Crippen molar-refractivity contribution in [2.45, 2.75) is 25.3 Å². The van der Waals surface area contributed by atoms with Crippen molar-refractivity contribution in [3.8, 4) is 5.75 Å². The molecule has 0 aliphatic carbocycles. The molecule has 0 fully saturated rings. The van der Waals surface area contributed by atoms with Crippen molar-refractivity contribution in [3.63, 3.8) is 0 Å². The van der Waals surface area contributed by atoms with Gasteiger partial charge in [-0.1, -0.05) is 42.5 Å². The first-order valence-corrected chi connectivity index (χ1v) is 7.52. The van der Waals surface area contributed by atoms with Gasteiger partial charge in [-0.2, -0.15) is 13.2 Å². The highest BCUT2D eigenvalue weighted by Crippen LogP contribution is 2.40. The Morgan fingerprint density at radius 3 is 2.16 bits per heavy atom. The van der Waals surface area contributed by atoms with Gasteiger partial charge in [-0.25, -0.2) is 4.79 Å².